The van der Waals surface area contributed by atoms with Gasteiger partial charge < -0.3 is 15.0 Å². The minimum Gasteiger partial charge on any atom is -0.388 e. The predicted octanol–water partition coefficient (Wildman–Crippen LogP) is 1.55. The fraction of sp³-hybridized carbons (Fsp3) is 0.500. The quantitative estimate of drug-likeness (QED) is 0.574. The van der Waals surface area contributed by atoms with Crippen LogP contribution in [0.25, 0.3) is 0 Å². The molecule has 2 N–H and O–H groups in total. The minimum absolute atomic E-state index is 0.450. The smallest absolute Gasteiger partial charge is 0.120 e. The number of ether oxygens (including phenoxy) is 1. The first-order chi connectivity index (χ1) is 6.75. The van der Waals surface area contributed by atoms with Crippen LogP contribution in [0.3, 0.4) is 0 Å². The highest BCUT2D eigenvalue weighted by Gasteiger charge is 2.02. The van der Waals surface area contributed by atoms with E-state index in [0.29, 0.717) is 4.99 Å². The Balaban J connectivity index is 2.42. The van der Waals surface area contributed by atoms with Gasteiger partial charge in [0.1, 0.15) is 4.99 Å². The molecule has 0 atom stereocenters. The van der Waals surface area contributed by atoms with Gasteiger partial charge in [0.15, 0.2) is 0 Å². The summed E-state index contributed by atoms with van der Waals surface area (Å²) >= 11 is 4.93. The standard InChI is InChI=1S/C10H16N2OS/c1-2-13-8-4-7-12-6-3-5-9(12)10(11)14/h3,5-6H,2,4,7-8H2,1H3,(H2,11,14). The van der Waals surface area contributed by atoms with Gasteiger partial charge in [-0.15, -0.1) is 0 Å². The zero-order valence-corrected chi connectivity index (χ0v) is 9.22. The van der Waals surface area contributed by atoms with Crippen LogP contribution in [0.15, 0.2) is 18.3 Å². The fourth-order valence-corrected chi connectivity index (χ4v) is 1.50. The molecule has 0 aliphatic rings. The molecule has 78 valence electrons. The topological polar surface area (TPSA) is 40.2 Å². The molecule has 1 heterocycles. The Morgan fingerprint density at radius 3 is 3.07 bits per heavy atom. The van der Waals surface area contributed by atoms with Crippen LogP contribution in [0.2, 0.25) is 0 Å². The lowest BCUT2D eigenvalue weighted by atomic mass is 10.4. The number of aromatic nitrogens is 1. The average Bonchev–Trinajstić information content (AvgIpc) is 2.60. The van der Waals surface area contributed by atoms with Gasteiger partial charge in [0.25, 0.3) is 0 Å². The average molecular weight is 212 g/mol. The van der Waals surface area contributed by atoms with E-state index in [0.717, 1.165) is 31.9 Å². The Bertz CT molecular complexity index is 296. The van der Waals surface area contributed by atoms with Crippen molar-refractivity contribution in [3.05, 3.63) is 24.0 Å². The Kier molecular flexibility index (Phi) is 4.62. The predicted molar refractivity (Wildman–Crippen MR) is 61.4 cm³/mol. The van der Waals surface area contributed by atoms with Gasteiger partial charge in [-0.1, -0.05) is 12.2 Å². The number of nitrogens with zero attached hydrogens (tertiary/aromatic N) is 1. The van der Waals surface area contributed by atoms with E-state index in [1.54, 1.807) is 0 Å². The molecule has 0 saturated heterocycles. The maximum absolute atomic E-state index is 5.57. The third kappa shape index (κ3) is 3.12. The molecule has 3 nitrogen and oxygen atoms in total. The molecule has 0 spiro atoms. The van der Waals surface area contributed by atoms with Crippen molar-refractivity contribution in [2.45, 2.75) is 19.9 Å². The Labute approximate surface area is 89.9 Å². The van der Waals surface area contributed by atoms with E-state index >= 15 is 0 Å². The van der Waals surface area contributed by atoms with E-state index in [4.69, 9.17) is 22.7 Å². The molecule has 0 amide bonds. The molecule has 1 rings (SSSR count). The largest absolute Gasteiger partial charge is 0.388 e. The molecule has 14 heavy (non-hydrogen) atoms. The summed E-state index contributed by atoms with van der Waals surface area (Å²) in [5.41, 5.74) is 6.50. The Morgan fingerprint density at radius 2 is 2.43 bits per heavy atom. The number of hydrogen-bond acceptors (Lipinski definition) is 2. The zero-order chi connectivity index (χ0) is 10.4. The Hall–Kier alpha value is -0.870. The highest BCUT2D eigenvalue weighted by Crippen LogP contribution is 2.03. The molecule has 1 aromatic rings. The van der Waals surface area contributed by atoms with Crippen LogP contribution in [-0.4, -0.2) is 22.8 Å². The van der Waals surface area contributed by atoms with E-state index in [2.05, 4.69) is 4.57 Å². The first-order valence-corrected chi connectivity index (χ1v) is 5.19. The number of hydrogen-bond donors (Lipinski definition) is 1. The van der Waals surface area contributed by atoms with Gasteiger partial charge >= 0.3 is 0 Å². The van der Waals surface area contributed by atoms with Gasteiger partial charge in [-0.2, -0.15) is 0 Å². The Morgan fingerprint density at radius 1 is 1.64 bits per heavy atom. The van der Waals surface area contributed by atoms with Gasteiger partial charge in [0, 0.05) is 26.0 Å². The maximum Gasteiger partial charge on any atom is 0.120 e. The van der Waals surface area contributed by atoms with Crippen molar-refractivity contribution in [2.75, 3.05) is 13.2 Å². The molecule has 0 unspecified atom stereocenters. The molecular weight excluding hydrogens is 196 g/mol. The van der Waals surface area contributed by atoms with Crippen LogP contribution in [0.1, 0.15) is 19.0 Å². The molecule has 0 aliphatic carbocycles. The molecule has 0 radical (unpaired) electrons. The zero-order valence-electron chi connectivity index (χ0n) is 8.40. The minimum atomic E-state index is 0.450. The third-order valence-electron chi connectivity index (χ3n) is 1.97. The van der Waals surface area contributed by atoms with E-state index in [9.17, 15) is 0 Å². The van der Waals surface area contributed by atoms with Crippen LogP contribution >= 0.6 is 12.2 Å². The van der Waals surface area contributed by atoms with E-state index in [-0.39, 0.29) is 0 Å². The highest BCUT2D eigenvalue weighted by molar-refractivity contribution is 7.80. The number of nitrogens with two attached hydrogens (primary N) is 1. The van der Waals surface area contributed by atoms with Crippen molar-refractivity contribution in [3.63, 3.8) is 0 Å². The molecule has 0 aliphatic heterocycles. The van der Waals surface area contributed by atoms with Crippen molar-refractivity contribution in [2.24, 2.45) is 5.73 Å². The summed E-state index contributed by atoms with van der Waals surface area (Å²) in [4.78, 5) is 0.450. The van der Waals surface area contributed by atoms with Crippen molar-refractivity contribution < 1.29 is 4.74 Å². The molecule has 0 aromatic carbocycles. The summed E-state index contributed by atoms with van der Waals surface area (Å²) in [6, 6.07) is 3.89. The number of aryl methyl sites for hydroxylation is 1. The lowest BCUT2D eigenvalue weighted by Gasteiger charge is -2.07. The highest BCUT2D eigenvalue weighted by atomic mass is 32.1. The van der Waals surface area contributed by atoms with Crippen LogP contribution < -0.4 is 5.73 Å². The molecule has 4 heteroatoms. The molecular formula is C10H16N2OS. The normalized spacial score (nSPS) is 10.4. The van der Waals surface area contributed by atoms with E-state index in [1.165, 1.54) is 0 Å². The summed E-state index contributed by atoms with van der Waals surface area (Å²) in [7, 11) is 0. The third-order valence-corrected chi connectivity index (χ3v) is 2.18. The maximum atomic E-state index is 5.57. The molecule has 1 aromatic heterocycles. The SMILES string of the molecule is CCOCCCn1cccc1C(N)=S. The van der Waals surface area contributed by atoms with E-state index in [1.807, 2.05) is 25.3 Å². The second-order valence-corrected chi connectivity index (χ2v) is 3.44. The first kappa shape index (κ1) is 11.2. The van der Waals surface area contributed by atoms with Crippen molar-refractivity contribution in [1.82, 2.24) is 4.57 Å². The molecule has 0 bridgehead atoms. The van der Waals surface area contributed by atoms with Crippen LogP contribution in [0.4, 0.5) is 0 Å². The summed E-state index contributed by atoms with van der Waals surface area (Å²) in [5.74, 6) is 0. The van der Waals surface area contributed by atoms with Crippen LogP contribution in [-0.2, 0) is 11.3 Å². The van der Waals surface area contributed by atoms with Gasteiger partial charge in [-0.25, -0.2) is 0 Å². The van der Waals surface area contributed by atoms with Crippen molar-refractivity contribution in [1.29, 1.82) is 0 Å². The second kappa shape index (κ2) is 5.78. The summed E-state index contributed by atoms with van der Waals surface area (Å²) < 4.78 is 7.31. The monoisotopic (exact) mass is 212 g/mol. The summed E-state index contributed by atoms with van der Waals surface area (Å²) in [6.45, 7) is 4.45. The summed E-state index contributed by atoms with van der Waals surface area (Å²) in [5, 5.41) is 0. The van der Waals surface area contributed by atoms with Gasteiger partial charge in [-0.3, -0.25) is 0 Å². The van der Waals surface area contributed by atoms with E-state index < -0.39 is 0 Å². The van der Waals surface area contributed by atoms with Crippen molar-refractivity contribution >= 4 is 17.2 Å². The second-order valence-electron chi connectivity index (χ2n) is 3.00. The van der Waals surface area contributed by atoms with Gasteiger partial charge in [0.2, 0.25) is 0 Å². The summed E-state index contributed by atoms with van der Waals surface area (Å²) in [6.07, 6.45) is 2.97. The molecule has 0 saturated carbocycles. The number of thiocarbonyl (C=S) groups is 1. The van der Waals surface area contributed by atoms with Crippen LogP contribution in [0, 0.1) is 0 Å². The van der Waals surface area contributed by atoms with Gasteiger partial charge in [-0.05, 0) is 25.5 Å². The first-order valence-electron chi connectivity index (χ1n) is 4.78. The number of rotatable bonds is 6. The fourth-order valence-electron chi connectivity index (χ4n) is 1.31. The van der Waals surface area contributed by atoms with Gasteiger partial charge in [0.05, 0.1) is 5.69 Å². The lowest BCUT2D eigenvalue weighted by molar-refractivity contribution is 0.141. The van der Waals surface area contributed by atoms with Crippen LogP contribution in [0.5, 0.6) is 0 Å². The lowest BCUT2D eigenvalue weighted by Crippen LogP contribution is -2.16. The van der Waals surface area contributed by atoms with Crippen molar-refractivity contribution in [3.8, 4) is 0 Å². The molecule has 0 fully saturated rings.